The summed E-state index contributed by atoms with van der Waals surface area (Å²) in [6.45, 7) is 6.93. The zero-order valence-electron chi connectivity index (χ0n) is 15.5. The summed E-state index contributed by atoms with van der Waals surface area (Å²) >= 11 is 0. The molecule has 0 atom stereocenters. The molecular formula is C22H24N2O2. The number of furan rings is 1. The van der Waals surface area contributed by atoms with Crippen molar-refractivity contribution in [1.82, 2.24) is 4.90 Å². The molecule has 0 aliphatic carbocycles. The van der Waals surface area contributed by atoms with Crippen LogP contribution in [0.5, 0.6) is 0 Å². The highest BCUT2D eigenvalue weighted by atomic mass is 16.3. The van der Waals surface area contributed by atoms with Gasteiger partial charge in [0.25, 0.3) is 0 Å². The standard InChI is InChI=1S/C22H24N2O2/c1-16-9-11-20(13-17(16)2)23-22(25)24(14-19-7-5-4-6-8-19)15-21-12-10-18(3)26-21/h4-13H,14-15H2,1-3H3,(H,23,25). The Labute approximate surface area is 154 Å². The third kappa shape index (κ3) is 4.54. The van der Waals surface area contributed by atoms with E-state index < -0.39 is 0 Å². The number of amides is 2. The first-order valence-corrected chi connectivity index (χ1v) is 8.73. The number of hydrogen-bond acceptors (Lipinski definition) is 2. The Morgan fingerprint density at radius 2 is 1.69 bits per heavy atom. The van der Waals surface area contributed by atoms with Crippen LogP contribution in [0, 0.1) is 20.8 Å². The third-order valence-electron chi connectivity index (χ3n) is 4.40. The Morgan fingerprint density at radius 1 is 0.923 bits per heavy atom. The van der Waals surface area contributed by atoms with Gasteiger partial charge in [-0.05, 0) is 61.7 Å². The molecule has 2 aromatic carbocycles. The van der Waals surface area contributed by atoms with Crippen molar-refractivity contribution in [3.8, 4) is 0 Å². The Morgan fingerprint density at radius 3 is 2.35 bits per heavy atom. The molecule has 2 amide bonds. The van der Waals surface area contributed by atoms with Gasteiger partial charge in [0.15, 0.2) is 0 Å². The predicted molar refractivity (Wildman–Crippen MR) is 104 cm³/mol. The summed E-state index contributed by atoms with van der Waals surface area (Å²) in [7, 11) is 0. The minimum Gasteiger partial charge on any atom is -0.464 e. The first-order chi connectivity index (χ1) is 12.5. The molecule has 0 bridgehead atoms. The van der Waals surface area contributed by atoms with E-state index in [-0.39, 0.29) is 6.03 Å². The summed E-state index contributed by atoms with van der Waals surface area (Å²) < 4.78 is 5.67. The maximum atomic E-state index is 12.9. The van der Waals surface area contributed by atoms with E-state index in [0.29, 0.717) is 13.1 Å². The lowest BCUT2D eigenvalue weighted by atomic mass is 10.1. The number of carbonyl (C=O) groups excluding carboxylic acids is 1. The second kappa shape index (κ2) is 7.91. The lowest BCUT2D eigenvalue weighted by Gasteiger charge is -2.22. The van der Waals surface area contributed by atoms with Gasteiger partial charge in [-0.15, -0.1) is 0 Å². The molecule has 134 valence electrons. The molecule has 4 nitrogen and oxygen atoms in total. The molecule has 0 radical (unpaired) electrons. The van der Waals surface area contributed by atoms with E-state index in [1.807, 2.05) is 74.5 Å². The van der Waals surface area contributed by atoms with Crippen LogP contribution in [0.15, 0.2) is 65.1 Å². The van der Waals surface area contributed by atoms with Crippen LogP contribution in [0.25, 0.3) is 0 Å². The summed E-state index contributed by atoms with van der Waals surface area (Å²) in [5, 5.41) is 3.00. The molecule has 1 N–H and O–H groups in total. The number of nitrogens with one attached hydrogen (secondary N) is 1. The first-order valence-electron chi connectivity index (χ1n) is 8.73. The van der Waals surface area contributed by atoms with Crippen molar-refractivity contribution >= 4 is 11.7 Å². The molecule has 3 rings (SSSR count). The molecule has 4 heteroatoms. The predicted octanol–water partition coefficient (Wildman–Crippen LogP) is 5.44. The quantitative estimate of drug-likeness (QED) is 0.667. The average Bonchev–Trinajstić information content (AvgIpc) is 3.03. The van der Waals surface area contributed by atoms with Gasteiger partial charge in [0.2, 0.25) is 0 Å². The Kier molecular flexibility index (Phi) is 5.42. The SMILES string of the molecule is Cc1ccc(CN(Cc2ccccc2)C(=O)Nc2ccc(C)c(C)c2)o1. The van der Waals surface area contributed by atoms with Crippen molar-refractivity contribution in [2.75, 3.05) is 5.32 Å². The smallest absolute Gasteiger partial charge is 0.322 e. The normalized spacial score (nSPS) is 10.6. The maximum absolute atomic E-state index is 12.9. The Hall–Kier alpha value is -3.01. The molecule has 0 saturated heterocycles. The number of anilines is 1. The number of rotatable bonds is 5. The fourth-order valence-electron chi connectivity index (χ4n) is 2.78. The van der Waals surface area contributed by atoms with Crippen molar-refractivity contribution in [3.05, 3.63) is 88.9 Å². The van der Waals surface area contributed by atoms with E-state index in [1.54, 1.807) is 4.90 Å². The minimum absolute atomic E-state index is 0.147. The van der Waals surface area contributed by atoms with Crippen LogP contribution < -0.4 is 5.32 Å². The van der Waals surface area contributed by atoms with Gasteiger partial charge in [-0.1, -0.05) is 36.4 Å². The first kappa shape index (κ1) is 17.8. The number of carbonyl (C=O) groups is 1. The largest absolute Gasteiger partial charge is 0.464 e. The topological polar surface area (TPSA) is 45.5 Å². The van der Waals surface area contributed by atoms with Gasteiger partial charge >= 0.3 is 6.03 Å². The van der Waals surface area contributed by atoms with Gasteiger partial charge in [-0.2, -0.15) is 0 Å². The lowest BCUT2D eigenvalue weighted by Crippen LogP contribution is -2.34. The van der Waals surface area contributed by atoms with Crippen LogP contribution in [-0.4, -0.2) is 10.9 Å². The summed E-state index contributed by atoms with van der Waals surface area (Å²) in [6.07, 6.45) is 0. The summed E-state index contributed by atoms with van der Waals surface area (Å²) in [4.78, 5) is 14.7. The molecule has 26 heavy (non-hydrogen) atoms. The van der Waals surface area contributed by atoms with Crippen molar-refractivity contribution < 1.29 is 9.21 Å². The van der Waals surface area contributed by atoms with Crippen molar-refractivity contribution in [2.45, 2.75) is 33.9 Å². The van der Waals surface area contributed by atoms with Crippen LogP contribution in [0.4, 0.5) is 10.5 Å². The fourth-order valence-corrected chi connectivity index (χ4v) is 2.78. The number of hydrogen-bond donors (Lipinski definition) is 1. The number of aryl methyl sites for hydroxylation is 3. The number of nitrogens with zero attached hydrogens (tertiary/aromatic N) is 1. The van der Waals surface area contributed by atoms with E-state index in [2.05, 4.69) is 12.2 Å². The van der Waals surface area contributed by atoms with Gasteiger partial charge in [-0.3, -0.25) is 0 Å². The molecule has 0 spiro atoms. The van der Waals surface area contributed by atoms with E-state index in [1.165, 1.54) is 5.56 Å². The second-order valence-corrected chi connectivity index (χ2v) is 6.58. The van der Waals surface area contributed by atoms with Gasteiger partial charge in [0.05, 0.1) is 6.54 Å². The summed E-state index contributed by atoms with van der Waals surface area (Å²) in [5.41, 5.74) is 4.23. The van der Waals surface area contributed by atoms with Crippen LogP contribution in [0.3, 0.4) is 0 Å². The van der Waals surface area contributed by atoms with Crippen molar-refractivity contribution in [1.29, 1.82) is 0 Å². The van der Waals surface area contributed by atoms with Crippen molar-refractivity contribution in [3.63, 3.8) is 0 Å². The third-order valence-corrected chi connectivity index (χ3v) is 4.40. The van der Waals surface area contributed by atoms with Gasteiger partial charge in [-0.25, -0.2) is 4.79 Å². The van der Waals surface area contributed by atoms with Crippen LogP contribution in [-0.2, 0) is 13.1 Å². The molecule has 3 aromatic rings. The monoisotopic (exact) mass is 348 g/mol. The minimum atomic E-state index is -0.147. The molecule has 0 unspecified atom stereocenters. The number of benzene rings is 2. The zero-order valence-corrected chi connectivity index (χ0v) is 15.5. The Balaban J connectivity index is 1.78. The van der Waals surface area contributed by atoms with E-state index in [0.717, 1.165) is 28.3 Å². The highest BCUT2D eigenvalue weighted by molar-refractivity contribution is 5.89. The van der Waals surface area contributed by atoms with Gasteiger partial charge in [0, 0.05) is 12.2 Å². The van der Waals surface area contributed by atoms with Crippen LogP contribution in [0.1, 0.15) is 28.2 Å². The number of urea groups is 1. The van der Waals surface area contributed by atoms with Crippen LogP contribution >= 0.6 is 0 Å². The van der Waals surface area contributed by atoms with Gasteiger partial charge < -0.3 is 14.6 Å². The van der Waals surface area contributed by atoms with E-state index in [4.69, 9.17) is 4.42 Å². The van der Waals surface area contributed by atoms with E-state index in [9.17, 15) is 4.79 Å². The van der Waals surface area contributed by atoms with Crippen molar-refractivity contribution in [2.24, 2.45) is 0 Å². The highest BCUT2D eigenvalue weighted by Gasteiger charge is 2.17. The molecule has 1 heterocycles. The molecule has 1 aromatic heterocycles. The summed E-state index contributed by atoms with van der Waals surface area (Å²) in [6, 6.07) is 19.6. The average molecular weight is 348 g/mol. The lowest BCUT2D eigenvalue weighted by molar-refractivity contribution is 0.201. The molecular weight excluding hydrogens is 324 g/mol. The van der Waals surface area contributed by atoms with E-state index >= 15 is 0 Å². The molecule has 0 fully saturated rings. The Bertz CT molecular complexity index is 884. The molecule has 0 aliphatic heterocycles. The summed E-state index contributed by atoms with van der Waals surface area (Å²) in [5.74, 6) is 1.61. The maximum Gasteiger partial charge on any atom is 0.322 e. The second-order valence-electron chi connectivity index (χ2n) is 6.58. The fraction of sp³-hybridized carbons (Fsp3) is 0.227. The molecule has 0 saturated carbocycles. The van der Waals surface area contributed by atoms with Gasteiger partial charge in [0.1, 0.15) is 11.5 Å². The molecule has 0 aliphatic rings. The van der Waals surface area contributed by atoms with Crippen LogP contribution in [0.2, 0.25) is 0 Å². The highest BCUT2D eigenvalue weighted by Crippen LogP contribution is 2.17. The zero-order chi connectivity index (χ0) is 18.5.